The topological polar surface area (TPSA) is 60.7 Å². The van der Waals surface area contributed by atoms with Crippen LogP contribution in [0.25, 0.3) is 16.6 Å². The summed E-state index contributed by atoms with van der Waals surface area (Å²) in [6, 6.07) is 9.72. The van der Waals surface area contributed by atoms with Gasteiger partial charge in [0.05, 0.1) is 0 Å². The van der Waals surface area contributed by atoms with Crippen molar-refractivity contribution in [2.24, 2.45) is 7.05 Å². The van der Waals surface area contributed by atoms with E-state index in [-0.39, 0.29) is 11.5 Å². The van der Waals surface area contributed by atoms with Crippen LogP contribution in [-0.2, 0) is 7.05 Å². The van der Waals surface area contributed by atoms with Gasteiger partial charge in [-0.15, -0.1) is 0 Å². The molecule has 7 heteroatoms. The number of aromatic hydroxyl groups is 2. The summed E-state index contributed by atoms with van der Waals surface area (Å²) >= 11 is 5.23. The Kier molecular flexibility index (Phi) is 4.47. The maximum atomic E-state index is 10.7. The minimum atomic E-state index is -0.452. The monoisotopic (exact) mass is 518 g/mol. The van der Waals surface area contributed by atoms with Crippen molar-refractivity contribution in [1.82, 2.24) is 8.10 Å². The molecule has 0 bridgehead atoms. The van der Waals surface area contributed by atoms with Crippen LogP contribution >= 0.6 is 12.2 Å². The molecule has 1 aromatic heterocycles. The normalized spacial score (nSPS) is 17.1. The van der Waals surface area contributed by atoms with Crippen molar-refractivity contribution in [3.05, 3.63) is 57.3 Å². The molecule has 1 aliphatic heterocycles. The number of thiocarbonyl (C=S) groups is 1. The van der Waals surface area contributed by atoms with E-state index < -0.39 is 21.5 Å². The molecule has 0 unspecified atom stereocenters. The second-order valence-electron chi connectivity index (χ2n) is 7.67. The van der Waals surface area contributed by atoms with Gasteiger partial charge in [-0.25, -0.2) is 0 Å². The number of rotatable bonds is 3. The van der Waals surface area contributed by atoms with Gasteiger partial charge in [0.25, 0.3) is 0 Å². The quantitative estimate of drug-likeness (QED) is 0.279. The molecule has 2 aromatic carbocycles. The number of aromatic nitrogens is 1. The molecule has 2 aliphatic rings. The summed E-state index contributed by atoms with van der Waals surface area (Å²) in [5.74, 6) is 0.636. The van der Waals surface area contributed by atoms with Crippen molar-refractivity contribution >= 4 is 39.6 Å². The zero-order valence-electron chi connectivity index (χ0n) is 16.1. The molecule has 2 heterocycles. The fourth-order valence-corrected chi connectivity index (χ4v) is 6.07. The average molecular weight is 518 g/mol. The third kappa shape index (κ3) is 3.16. The van der Waals surface area contributed by atoms with Crippen LogP contribution in [0.1, 0.15) is 35.4 Å². The number of aryl methyl sites for hydroxylation is 2. The number of hydrogen-bond acceptors (Lipinski definition) is 3. The number of phenolic OH excluding ortho intramolecular Hbond substituents is 2. The first-order valence-corrected chi connectivity index (χ1v) is 12.2. The summed E-state index contributed by atoms with van der Waals surface area (Å²) in [5.41, 5.74) is 5.85. The van der Waals surface area contributed by atoms with E-state index in [4.69, 9.17) is 12.2 Å². The van der Waals surface area contributed by atoms with Crippen molar-refractivity contribution in [2.45, 2.75) is 25.7 Å². The molecule has 1 aliphatic carbocycles. The summed E-state index contributed by atoms with van der Waals surface area (Å²) in [6.45, 7) is 2.11. The fraction of sp³-hybridized carbons (Fsp3) is 0.227. The van der Waals surface area contributed by atoms with E-state index in [9.17, 15) is 10.2 Å². The van der Waals surface area contributed by atoms with Gasteiger partial charge in [-0.3, -0.25) is 0 Å². The van der Waals surface area contributed by atoms with E-state index in [0.717, 1.165) is 35.4 Å². The number of halogens is 1. The number of anilines is 1. The third-order valence-corrected chi connectivity index (χ3v) is 7.98. The van der Waals surface area contributed by atoms with Crippen molar-refractivity contribution in [1.29, 1.82) is 0 Å². The molecular formula is C22H21IN3O2S-. The van der Waals surface area contributed by atoms with Crippen LogP contribution in [0.5, 0.6) is 11.5 Å². The van der Waals surface area contributed by atoms with Crippen molar-refractivity contribution in [3.8, 4) is 11.5 Å². The Bertz CT molecular complexity index is 1200. The summed E-state index contributed by atoms with van der Waals surface area (Å²) in [4.78, 5) is 1.99. The Morgan fingerprint density at radius 1 is 1.14 bits per heavy atom. The molecule has 1 fully saturated rings. The van der Waals surface area contributed by atoms with Gasteiger partial charge in [-0.2, -0.15) is 0 Å². The van der Waals surface area contributed by atoms with Crippen molar-refractivity contribution < 1.29 is 31.7 Å². The molecular weight excluding hydrogens is 497 g/mol. The molecule has 5 nitrogen and oxygen atoms in total. The first-order chi connectivity index (χ1) is 13.9. The van der Waals surface area contributed by atoms with Gasteiger partial charge in [0.15, 0.2) is 0 Å². The van der Waals surface area contributed by atoms with Crippen LogP contribution in [0.4, 0.5) is 5.69 Å². The second kappa shape index (κ2) is 6.91. The van der Waals surface area contributed by atoms with Gasteiger partial charge >= 0.3 is 186 Å². The van der Waals surface area contributed by atoms with E-state index in [0.29, 0.717) is 11.0 Å². The van der Waals surface area contributed by atoms with E-state index in [1.54, 1.807) is 0 Å². The number of nitrogens with zero attached hydrogens (tertiary/aromatic N) is 2. The van der Waals surface area contributed by atoms with Crippen LogP contribution in [0.2, 0.25) is 0 Å². The molecule has 0 atom stereocenters. The Labute approximate surface area is 185 Å². The molecule has 0 radical (unpaired) electrons. The number of benzene rings is 2. The Balaban J connectivity index is 1.65. The van der Waals surface area contributed by atoms with Gasteiger partial charge in [0, 0.05) is 0 Å². The predicted octanol–water partition coefficient (Wildman–Crippen LogP) is 1.47. The van der Waals surface area contributed by atoms with Crippen LogP contribution < -0.4 is 29.9 Å². The molecule has 1 saturated carbocycles. The molecule has 5 rings (SSSR count). The van der Waals surface area contributed by atoms with Gasteiger partial charge in [-0.05, 0) is 0 Å². The molecule has 0 saturated heterocycles. The maximum absolute atomic E-state index is 10.7. The van der Waals surface area contributed by atoms with Gasteiger partial charge in [0.2, 0.25) is 0 Å². The number of hydrogen-bond donors (Lipinski definition) is 3. The molecule has 29 heavy (non-hydrogen) atoms. The zero-order chi connectivity index (χ0) is 20.3. The van der Waals surface area contributed by atoms with Gasteiger partial charge < -0.3 is 0 Å². The first kappa shape index (κ1) is 18.7. The van der Waals surface area contributed by atoms with Crippen LogP contribution in [0.3, 0.4) is 0 Å². The Morgan fingerprint density at radius 2 is 1.93 bits per heavy atom. The molecule has 3 aromatic rings. The molecule has 3 N–H and O–H groups in total. The summed E-state index contributed by atoms with van der Waals surface area (Å²) < 4.78 is 7.59. The summed E-state index contributed by atoms with van der Waals surface area (Å²) in [6.07, 6.45) is 4.28. The van der Waals surface area contributed by atoms with Crippen LogP contribution in [0.15, 0.2) is 40.6 Å². The predicted molar refractivity (Wildman–Crippen MR) is 116 cm³/mol. The first-order valence-electron chi connectivity index (χ1n) is 9.48. The fourth-order valence-electron chi connectivity index (χ4n) is 4.00. The van der Waals surface area contributed by atoms with E-state index >= 15 is 0 Å². The molecule has 150 valence electrons. The Morgan fingerprint density at radius 3 is 2.69 bits per heavy atom. The zero-order valence-corrected chi connectivity index (χ0v) is 19.1. The summed E-state index contributed by atoms with van der Waals surface area (Å²) in [5, 5.41) is 22.8. The number of nitrogens with one attached hydrogen (secondary N) is 1. The molecule has 0 amide bonds. The SMILES string of the molecule is Cc1cn(C)c2ccc(N3C(=S)N[I-]C=C3c3cc(C4CC4)c(O)cc3O)cc12. The average Bonchev–Trinajstić information content (AvgIpc) is 3.48. The van der Waals surface area contributed by atoms with Gasteiger partial charge in [0.1, 0.15) is 0 Å². The van der Waals surface area contributed by atoms with E-state index in [2.05, 4.69) is 43.5 Å². The van der Waals surface area contributed by atoms with Crippen molar-refractivity contribution in [3.63, 3.8) is 0 Å². The number of fused-ring (bicyclic) bond motifs is 1. The number of phenols is 2. The van der Waals surface area contributed by atoms with E-state index in [1.165, 1.54) is 22.5 Å². The van der Waals surface area contributed by atoms with E-state index in [1.807, 2.05) is 18.0 Å². The van der Waals surface area contributed by atoms with Crippen LogP contribution in [-0.4, -0.2) is 19.9 Å². The Hall–Kier alpha value is -2.26. The van der Waals surface area contributed by atoms with Crippen LogP contribution in [0, 0.1) is 6.92 Å². The van der Waals surface area contributed by atoms with Crippen molar-refractivity contribution in [2.75, 3.05) is 4.90 Å². The second-order valence-corrected chi connectivity index (χ2v) is 9.84. The minimum absolute atomic E-state index is 0.0776. The summed E-state index contributed by atoms with van der Waals surface area (Å²) in [7, 11) is 2.05. The molecule has 0 spiro atoms. The van der Waals surface area contributed by atoms with Gasteiger partial charge in [-0.1, -0.05) is 0 Å². The third-order valence-electron chi connectivity index (χ3n) is 5.61. The standard InChI is InChI=1S/C22H21IN3O2S/c1-12-11-25(2)18-6-5-14(7-15(12)18)26-19(10-23-24-22(26)29)17-8-16(13-3-4-13)20(27)9-21(17)28/h5-11,13,27-28H,3-4H2,1-2H3,(H,24,29)/q-1.